The summed E-state index contributed by atoms with van der Waals surface area (Å²) in [4.78, 5) is 33.5. The number of aromatic nitrogens is 2. The molecule has 2 aliphatic heterocycles. The predicted molar refractivity (Wildman–Crippen MR) is 124 cm³/mol. The smallest absolute Gasteiger partial charge is 0.410 e. The Balaban J connectivity index is 1.49. The molecule has 9 nitrogen and oxygen atoms in total. The Labute approximate surface area is 207 Å². The van der Waals surface area contributed by atoms with Gasteiger partial charge >= 0.3 is 6.09 Å². The Morgan fingerprint density at radius 1 is 1.14 bits per heavy atom. The van der Waals surface area contributed by atoms with Crippen LogP contribution in [0.2, 0.25) is 5.02 Å². The van der Waals surface area contributed by atoms with Crippen molar-refractivity contribution in [2.75, 3.05) is 26.3 Å². The maximum absolute atomic E-state index is 15.2. The van der Waals surface area contributed by atoms with Gasteiger partial charge in [-0.2, -0.15) is 14.4 Å². The third-order valence-electron chi connectivity index (χ3n) is 5.67. The van der Waals surface area contributed by atoms with Gasteiger partial charge in [0.25, 0.3) is 11.8 Å². The van der Waals surface area contributed by atoms with Gasteiger partial charge < -0.3 is 23.8 Å². The lowest BCUT2D eigenvalue weighted by molar-refractivity contribution is -0.114. The largest absolute Gasteiger partial charge is 0.471 e. The molecule has 1 amide bonds. The Kier molecular flexibility index (Phi) is 7.14. The van der Waals surface area contributed by atoms with Crippen LogP contribution in [0.5, 0.6) is 17.5 Å². The molecule has 2 unspecified atom stereocenters. The molecule has 2 bridgehead atoms. The number of carbonyl (C=O) groups is 2. The van der Waals surface area contributed by atoms with E-state index in [1.165, 1.54) is 25.1 Å². The molecule has 0 N–H and O–H groups in total. The van der Waals surface area contributed by atoms with Crippen molar-refractivity contribution >= 4 is 23.5 Å². The van der Waals surface area contributed by atoms with Gasteiger partial charge in [-0.05, 0) is 45.9 Å². The van der Waals surface area contributed by atoms with Gasteiger partial charge in [0.2, 0.25) is 5.82 Å². The van der Waals surface area contributed by atoms with E-state index in [1.807, 2.05) is 20.8 Å². The molecule has 1 aromatic heterocycles. The molecular weight excluding hydrogens is 481 g/mol. The van der Waals surface area contributed by atoms with Crippen LogP contribution in [0.3, 0.4) is 0 Å². The maximum Gasteiger partial charge on any atom is 0.410 e. The van der Waals surface area contributed by atoms with Gasteiger partial charge in [-0.15, -0.1) is 0 Å². The van der Waals surface area contributed by atoms with E-state index in [0.717, 1.165) is 6.33 Å². The van der Waals surface area contributed by atoms with Crippen molar-refractivity contribution in [2.24, 2.45) is 11.8 Å². The lowest BCUT2D eigenvalue weighted by Crippen LogP contribution is -2.59. The van der Waals surface area contributed by atoms with Gasteiger partial charge in [-0.1, -0.05) is 11.6 Å². The molecule has 2 aliphatic rings. The van der Waals surface area contributed by atoms with Crippen molar-refractivity contribution in [2.45, 2.75) is 39.4 Å². The molecule has 2 saturated heterocycles. The molecule has 11 heteroatoms. The summed E-state index contributed by atoms with van der Waals surface area (Å²) in [5.41, 5.74) is -0.202. The minimum Gasteiger partial charge on any atom is -0.471 e. The molecule has 35 heavy (non-hydrogen) atoms. The second kappa shape index (κ2) is 9.94. The molecule has 188 valence electrons. The van der Waals surface area contributed by atoms with Crippen molar-refractivity contribution in [3.8, 4) is 17.5 Å². The highest BCUT2D eigenvalue weighted by Crippen LogP contribution is 2.35. The number of ether oxygens (including phenoxy) is 4. The topological polar surface area (TPSA) is 100 Å². The van der Waals surface area contributed by atoms with E-state index in [1.54, 1.807) is 4.90 Å². The average Bonchev–Trinajstić information content (AvgIpc) is 2.76. The summed E-state index contributed by atoms with van der Waals surface area (Å²) in [5, 5.41) is 0.138. The number of rotatable bonds is 5. The molecule has 0 saturated carbocycles. The van der Waals surface area contributed by atoms with Crippen LogP contribution in [-0.4, -0.2) is 64.8 Å². The van der Waals surface area contributed by atoms with Crippen LogP contribution in [0.1, 0.15) is 38.1 Å². The van der Waals surface area contributed by atoms with Gasteiger partial charge in [0, 0.05) is 30.5 Å². The summed E-state index contributed by atoms with van der Waals surface area (Å²) < 4.78 is 37.9. The van der Waals surface area contributed by atoms with E-state index in [-0.39, 0.29) is 40.2 Å². The fraction of sp³-hybridized carbons (Fsp3) is 0.500. The number of halogens is 2. The first-order chi connectivity index (χ1) is 16.5. The standard InChI is InChI=1S/C24H27ClFN3O6/c1-13(30)14-5-6-18(17(25)7-14)33-21-19(26)22(28-12-27-21)34-20-15-8-29(9-16(20)11-32-10-15)23(31)35-24(2,3)4/h5-7,12,15-16,20H,8-11H2,1-4H3. The van der Waals surface area contributed by atoms with Crippen molar-refractivity contribution in [3.05, 3.63) is 40.9 Å². The molecule has 0 radical (unpaired) electrons. The van der Waals surface area contributed by atoms with E-state index in [9.17, 15) is 9.59 Å². The van der Waals surface area contributed by atoms with Crippen LogP contribution in [0.25, 0.3) is 0 Å². The summed E-state index contributed by atoms with van der Waals surface area (Å²) in [6.07, 6.45) is 0.316. The lowest BCUT2D eigenvalue weighted by atomic mass is 9.84. The zero-order chi connectivity index (χ0) is 25.3. The van der Waals surface area contributed by atoms with Gasteiger partial charge in [0.1, 0.15) is 23.8 Å². The number of piperidine rings is 1. The lowest BCUT2D eigenvalue weighted by Gasteiger charge is -2.46. The summed E-state index contributed by atoms with van der Waals surface area (Å²) in [6, 6.07) is 4.43. The molecule has 1 aromatic carbocycles. The second-order valence-electron chi connectivity index (χ2n) is 9.63. The van der Waals surface area contributed by atoms with Crippen LogP contribution < -0.4 is 9.47 Å². The van der Waals surface area contributed by atoms with Gasteiger partial charge in [0.05, 0.1) is 18.2 Å². The van der Waals surface area contributed by atoms with Crippen LogP contribution in [0, 0.1) is 17.7 Å². The van der Waals surface area contributed by atoms with Crippen LogP contribution in [0.4, 0.5) is 9.18 Å². The minimum absolute atomic E-state index is 0.135. The molecule has 2 fully saturated rings. The Bertz CT molecular complexity index is 1110. The SMILES string of the molecule is CC(=O)c1ccc(Oc2ncnc(OC3C4COCC3CN(C(=O)OC(C)(C)C)C4)c2F)c(Cl)c1. The molecule has 4 rings (SSSR count). The Morgan fingerprint density at radius 3 is 2.40 bits per heavy atom. The maximum atomic E-state index is 15.2. The first kappa shape index (κ1) is 25.1. The Morgan fingerprint density at radius 2 is 1.80 bits per heavy atom. The number of likely N-dealkylation sites (tertiary alicyclic amines) is 1. The number of benzene rings is 1. The first-order valence-corrected chi connectivity index (χ1v) is 11.6. The first-order valence-electron chi connectivity index (χ1n) is 11.2. The van der Waals surface area contributed by atoms with Crippen molar-refractivity contribution in [3.63, 3.8) is 0 Å². The minimum atomic E-state index is -0.882. The van der Waals surface area contributed by atoms with E-state index in [2.05, 4.69) is 9.97 Å². The quantitative estimate of drug-likeness (QED) is 0.544. The number of carbonyl (C=O) groups excluding carboxylic acids is 2. The summed E-state index contributed by atoms with van der Waals surface area (Å²) in [6.45, 7) is 8.27. The monoisotopic (exact) mass is 507 g/mol. The Hall–Kier alpha value is -2.98. The average molecular weight is 508 g/mol. The fourth-order valence-corrected chi connectivity index (χ4v) is 4.31. The third-order valence-corrected chi connectivity index (χ3v) is 5.97. The molecule has 2 aromatic rings. The third kappa shape index (κ3) is 5.82. The normalized spacial score (nSPS) is 21.9. The van der Waals surface area contributed by atoms with E-state index < -0.39 is 23.6 Å². The van der Waals surface area contributed by atoms with Gasteiger partial charge in [-0.25, -0.2) is 4.79 Å². The highest BCUT2D eigenvalue weighted by Gasteiger charge is 2.45. The number of hydrogen-bond donors (Lipinski definition) is 0. The summed E-state index contributed by atoms with van der Waals surface area (Å²) >= 11 is 6.18. The van der Waals surface area contributed by atoms with Crippen LogP contribution >= 0.6 is 11.6 Å². The van der Waals surface area contributed by atoms with Crippen molar-refractivity contribution in [1.82, 2.24) is 14.9 Å². The number of fused-ring (bicyclic) bond motifs is 2. The summed E-state index contributed by atoms with van der Waals surface area (Å²) in [5.74, 6) is -1.91. The molecule has 3 heterocycles. The number of Topliss-reactive ketones (excluding diaryl/α,β-unsaturated/α-hetero) is 1. The fourth-order valence-electron chi connectivity index (χ4n) is 4.09. The number of amides is 1. The number of hydrogen-bond acceptors (Lipinski definition) is 8. The highest BCUT2D eigenvalue weighted by molar-refractivity contribution is 6.32. The van der Waals surface area contributed by atoms with Gasteiger partial charge in [-0.3, -0.25) is 4.79 Å². The van der Waals surface area contributed by atoms with E-state index >= 15 is 4.39 Å². The molecule has 0 spiro atoms. The molecular formula is C24H27ClFN3O6. The highest BCUT2D eigenvalue weighted by atomic mass is 35.5. The van der Waals surface area contributed by atoms with Crippen LogP contribution in [-0.2, 0) is 9.47 Å². The van der Waals surface area contributed by atoms with Crippen molar-refractivity contribution < 1.29 is 32.9 Å². The second-order valence-corrected chi connectivity index (χ2v) is 10.0. The zero-order valence-corrected chi connectivity index (χ0v) is 20.7. The van der Waals surface area contributed by atoms with Crippen molar-refractivity contribution in [1.29, 1.82) is 0 Å². The zero-order valence-electron chi connectivity index (χ0n) is 19.9. The summed E-state index contributed by atoms with van der Waals surface area (Å²) in [7, 11) is 0. The molecule has 0 aliphatic carbocycles. The van der Waals surface area contributed by atoms with E-state index in [0.29, 0.717) is 31.9 Å². The molecule has 2 atom stereocenters. The number of ketones is 1. The van der Waals surface area contributed by atoms with Gasteiger partial charge in [0.15, 0.2) is 5.78 Å². The van der Waals surface area contributed by atoms with E-state index in [4.69, 9.17) is 30.5 Å². The number of nitrogens with zero attached hydrogens (tertiary/aromatic N) is 3. The predicted octanol–water partition coefficient (Wildman–Crippen LogP) is 4.52. The van der Waals surface area contributed by atoms with Crippen LogP contribution in [0.15, 0.2) is 24.5 Å².